The molecule has 1 unspecified atom stereocenters. The molecule has 0 aliphatic rings. The van der Waals surface area contributed by atoms with Crippen molar-refractivity contribution in [2.75, 3.05) is 0 Å². The Bertz CT molecular complexity index is 950. The van der Waals surface area contributed by atoms with E-state index in [9.17, 15) is 9.18 Å². The van der Waals surface area contributed by atoms with E-state index < -0.39 is 5.82 Å². The maximum atomic E-state index is 13.6. The van der Waals surface area contributed by atoms with Gasteiger partial charge in [0.15, 0.2) is 0 Å². The number of pyridine rings is 1. The highest BCUT2D eigenvalue weighted by atomic mass is 35.5. The van der Waals surface area contributed by atoms with Crippen molar-refractivity contribution >= 4 is 29.1 Å². The molecule has 0 fully saturated rings. The van der Waals surface area contributed by atoms with Gasteiger partial charge in [-0.05, 0) is 54.4 Å². The molecule has 6 heteroatoms. The summed E-state index contributed by atoms with van der Waals surface area (Å²) in [6.07, 6.45) is 3.38. The molecule has 1 atom stereocenters. The van der Waals surface area contributed by atoms with Gasteiger partial charge in [-0.1, -0.05) is 41.4 Å². The number of hydrogen-bond donors (Lipinski definition) is 0. The summed E-state index contributed by atoms with van der Waals surface area (Å²) in [5.41, 5.74) is 1.89. The Morgan fingerprint density at radius 2 is 1.96 bits per heavy atom. The lowest BCUT2D eigenvalue weighted by molar-refractivity contribution is 0.0673. The number of aromatic nitrogens is 1. The second kappa shape index (κ2) is 8.51. The molecule has 0 aliphatic heterocycles. The molecule has 0 N–H and O–H groups in total. The van der Waals surface area contributed by atoms with Gasteiger partial charge < -0.3 is 4.90 Å². The van der Waals surface area contributed by atoms with E-state index in [0.29, 0.717) is 10.0 Å². The molecule has 2 aromatic carbocycles. The van der Waals surface area contributed by atoms with E-state index in [1.54, 1.807) is 41.6 Å². The van der Waals surface area contributed by atoms with Crippen LogP contribution in [0.5, 0.6) is 0 Å². The van der Waals surface area contributed by atoms with Gasteiger partial charge in [0.1, 0.15) is 5.82 Å². The molecule has 3 nitrogen and oxygen atoms in total. The van der Waals surface area contributed by atoms with Crippen LogP contribution in [0.15, 0.2) is 67.0 Å². The fourth-order valence-electron chi connectivity index (χ4n) is 2.81. The fourth-order valence-corrected chi connectivity index (χ4v) is 3.28. The highest BCUT2D eigenvalue weighted by molar-refractivity contribution is 6.35. The summed E-state index contributed by atoms with van der Waals surface area (Å²) < 4.78 is 13.6. The Labute approximate surface area is 167 Å². The van der Waals surface area contributed by atoms with Gasteiger partial charge in [0.2, 0.25) is 0 Å². The number of halogens is 3. The second-order valence-corrected chi connectivity index (χ2v) is 6.99. The van der Waals surface area contributed by atoms with Crippen LogP contribution in [0.2, 0.25) is 10.0 Å². The molecule has 0 saturated heterocycles. The van der Waals surface area contributed by atoms with Gasteiger partial charge in [0.25, 0.3) is 5.91 Å². The first-order chi connectivity index (χ1) is 13.0. The van der Waals surface area contributed by atoms with Gasteiger partial charge in [-0.15, -0.1) is 0 Å². The molecule has 1 aromatic heterocycles. The largest absolute Gasteiger partial charge is 0.327 e. The second-order valence-electron chi connectivity index (χ2n) is 6.14. The van der Waals surface area contributed by atoms with Crippen LogP contribution < -0.4 is 0 Å². The Morgan fingerprint density at radius 3 is 2.63 bits per heavy atom. The summed E-state index contributed by atoms with van der Waals surface area (Å²) in [6.45, 7) is 2.15. The van der Waals surface area contributed by atoms with Crippen molar-refractivity contribution < 1.29 is 9.18 Å². The molecule has 1 heterocycles. The third kappa shape index (κ3) is 4.65. The number of amides is 1. The van der Waals surface area contributed by atoms with Gasteiger partial charge in [-0.3, -0.25) is 9.78 Å². The maximum absolute atomic E-state index is 13.6. The Morgan fingerprint density at radius 1 is 1.15 bits per heavy atom. The molecular formula is C21H17Cl2FN2O. The first kappa shape index (κ1) is 19.3. The van der Waals surface area contributed by atoms with Crippen molar-refractivity contribution in [1.82, 2.24) is 9.88 Å². The smallest absolute Gasteiger partial charge is 0.254 e. The number of carbonyl (C=O) groups excluding carboxylic acids is 1. The number of benzene rings is 2. The van der Waals surface area contributed by atoms with Crippen molar-refractivity contribution in [2.45, 2.75) is 19.5 Å². The molecule has 0 radical (unpaired) electrons. The predicted octanol–water partition coefficient (Wildman–Crippen LogP) is 5.93. The summed E-state index contributed by atoms with van der Waals surface area (Å²) in [5, 5.41) is 0.991. The molecule has 3 aromatic rings. The molecule has 0 saturated carbocycles. The van der Waals surface area contributed by atoms with E-state index in [1.165, 1.54) is 18.2 Å². The van der Waals surface area contributed by atoms with Crippen molar-refractivity contribution in [3.63, 3.8) is 0 Å². The van der Waals surface area contributed by atoms with E-state index in [1.807, 2.05) is 19.1 Å². The summed E-state index contributed by atoms with van der Waals surface area (Å²) in [5.74, 6) is -0.753. The Hall–Kier alpha value is -2.43. The van der Waals surface area contributed by atoms with E-state index in [4.69, 9.17) is 23.2 Å². The highest BCUT2D eigenvalue weighted by Crippen LogP contribution is 2.28. The van der Waals surface area contributed by atoms with Crippen LogP contribution >= 0.6 is 23.2 Å². The topological polar surface area (TPSA) is 33.2 Å². The zero-order valence-corrected chi connectivity index (χ0v) is 16.1. The summed E-state index contributed by atoms with van der Waals surface area (Å²) in [7, 11) is 0. The quantitative estimate of drug-likeness (QED) is 0.529. The third-order valence-corrected chi connectivity index (χ3v) is 4.91. The fraction of sp³-hybridized carbons (Fsp3) is 0.143. The number of carbonyl (C=O) groups is 1. The lowest BCUT2D eigenvalue weighted by Gasteiger charge is -2.30. The van der Waals surface area contributed by atoms with Crippen LogP contribution in [0.3, 0.4) is 0 Å². The van der Waals surface area contributed by atoms with Crippen LogP contribution in [0, 0.1) is 5.82 Å². The zero-order chi connectivity index (χ0) is 19.4. The average molecular weight is 403 g/mol. The zero-order valence-electron chi connectivity index (χ0n) is 14.6. The average Bonchev–Trinajstić information content (AvgIpc) is 2.67. The van der Waals surface area contributed by atoms with Crippen LogP contribution in [0.25, 0.3) is 0 Å². The minimum atomic E-state index is -0.459. The molecule has 0 aliphatic carbocycles. The third-order valence-electron chi connectivity index (χ3n) is 4.32. The molecule has 138 valence electrons. The number of hydrogen-bond acceptors (Lipinski definition) is 2. The molecule has 27 heavy (non-hydrogen) atoms. The summed E-state index contributed by atoms with van der Waals surface area (Å²) in [6, 6.07) is 14.2. The van der Waals surface area contributed by atoms with E-state index >= 15 is 0 Å². The van der Waals surface area contributed by atoms with Crippen molar-refractivity contribution in [1.29, 1.82) is 0 Å². The van der Waals surface area contributed by atoms with Gasteiger partial charge in [-0.25, -0.2) is 4.39 Å². The molecule has 3 rings (SSSR count). The Balaban J connectivity index is 1.99. The van der Waals surface area contributed by atoms with Crippen LogP contribution in [0.4, 0.5) is 4.39 Å². The lowest BCUT2D eigenvalue weighted by Crippen LogP contribution is -2.33. The molecular weight excluding hydrogens is 386 g/mol. The van der Waals surface area contributed by atoms with E-state index in [2.05, 4.69) is 4.98 Å². The molecule has 0 bridgehead atoms. The van der Waals surface area contributed by atoms with Crippen LogP contribution in [-0.2, 0) is 6.54 Å². The van der Waals surface area contributed by atoms with Crippen molar-refractivity contribution in [3.05, 3.63) is 99.5 Å². The first-order valence-electron chi connectivity index (χ1n) is 8.36. The monoisotopic (exact) mass is 402 g/mol. The van der Waals surface area contributed by atoms with Crippen LogP contribution in [0.1, 0.15) is 34.5 Å². The normalized spacial score (nSPS) is 11.9. The lowest BCUT2D eigenvalue weighted by atomic mass is 10.1. The molecule has 0 spiro atoms. The van der Waals surface area contributed by atoms with Crippen LogP contribution in [-0.4, -0.2) is 15.8 Å². The van der Waals surface area contributed by atoms with Gasteiger partial charge in [0.05, 0.1) is 6.04 Å². The SMILES string of the molecule is CC(c1cccnc1)N(Cc1ccc(Cl)cc1Cl)C(=O)c1cccc(F)c1. The summed E-state index contributed by atoms with van der Waals surface area (Å²) in [4.78, 5) is 18.9. The van der Waals surface area contributed by atoms with E-state index in [0.717, 1.165) is 11.1 Å². The van der Waals surface area contributed by atoms with Gasteiger partial charge >= 0.3 is 0 Å². The predicted molar refractivity (Wildman–Crippen MR) is 105 cm³/mol. The highest BCUT2D eigenvalue weighted by Gasteiger charge is 2.24. The Kier molecular flexibility index (Phi) is 6.09. The van der Waals surface area contributed by atoms with Gasteiger partial charge in [0, 0.05) is 34.5 Å². The number of rotatable bonds is 5. The standard InChI is InChI=1S/C21H17Cl2FN2O/c1-14(16-5-3-9-25-12-16)26(13-17-7-8-18(22)11-20(17)23)21(27)15-4-2-6-19(24)10-15/h2-12,14H,13H2,1H3. The summed E-state index contributed by atoms with van der Waals surface area (Å²) >= 11 is 12.3. The van der Waals surface area contributed by atoms with E-state index in [-0.39, 0.29) is 24.1 Å². The minimum Gasteiger partial charge on any atom is -0.327 e. The van der Waals surface area contributed by atoms with Crippen molar-refractivity contribution in [3.8, 4) is 0 Å². The van der Waals surface area contributed by atoms with Gasteiger partial charge in [-0.2, -0.15) is 0 Å². The first-order valence-corrected chi connectivity index (χ1v) is 9.11. The number of nitrogens with zero attached hydrogens (tertiary/aromatic N) is 2. The maximum Gasteiger partial charge on any atom is 0.254 e. The minimum absolute atomic E-state index is 0.251. The molecule has 1 amide bonds. The van der Waals surface area contributed by atoms with Crippen molar-refractivity contribution in [2.24, 2.45) is 0 Å².